The molecule has 3 rings (SSSR count). The summed E-state index contributed by atoms with van der Waals surface area (Å²) in [6, 6.07) is 6.90. The highest BCUT2D eigenvalue weighted by molar-refractivity contribution is 7.98. The van der Waals surface area contributed by atoms with E-state index in [0.29, 0.717) is 31.2 Å². The molecule has 0 spiro atoms. The lowest BCUT2D eigenvalue weighted by molar-refractivity contribution is -0.134. The third kappa shape index (κ3) is 5.07. The van der Waals surface area contributed by atoms with Crippen molar-refractivity contribution < 1.29 is 17.6 Å². The number of carbonyl (C=O) groups is 1. The second-order valence-electron chi connectivity index (χ2n) is 7.00. The Morgan fingerprint density at radius 3 is 2.93 bits per heavy atom. The van der Waals surface area contributed by atoms with Gasteiger partial charge in [0, 0.05) is 13.1 Å². The number of carbonyl (C=O) groups excluding carboxylic acids is 1. The summed E-state index contributed by atoms with van der Waals surface area (Å²) in [7, 11) is -3.45. The van der Waals surface area contributed by atoms with Gasteiger partial charge in [0.25, 0.3) is 0 Å². The molecule has 1 aliphatic rings. The summed E-state index contributed by atoms with van der Waals surface area (Å²) in [5.74, 6) is 1.18. The van der Waals surface area contributed by atoms with Crippen LogP contribution in [0.3, 0.4) is 0 Å². The van der Waals surface area contributed by atoms with Crippen LogP contribution in [0.2, 0.25) is 0 Å². The molecule has 0 saturated carbocycles. The minimum atomic E-state index is -3.45. The third-order valence-corrected chi connectivity index (χ3v) is 7.05. The molecule has 0 aliphatic carbocycles. The maximum absolute atomic E-state index is 13.1. The topological polar surface area (TPSA) is 92.5 Å². The average molecular weight is 426 g/mol. The fourth-order valence-corrected chi connectivity index (χ4v) is 4.72. The largest absolute Gasteiger partial charge is 0.440 e. The zero-order chi connectivity index (χ0) is 20.1. The smallest absolute Gasteiger partial charge is 0.240 e. The molecule has 2 heterocycles. The van der Waals surface area contributed by atoms with Gasteiger partial charge in [0.1, 0.15) is 11.6 Å². The minimum absolute atomic E-state index is 0.0223. The predicted molar refractivity (Wildman–Crippen MR) is 112 cm³/mol. The predicted octanol–water partition coefficient (Wildman–Crippen LogP) is 2.59. The molecule has 0 radical (unpaired) electrons. The Hall–Kier alpha value is -1.58. The normalized spacial score (nSPS) is 19.1. The van der Waals surface area contributed by atoms with Crippen LogP contribution in [-0.2, 0) is 14.8 Å². The van der Waals surface area contributed by atoms with Crippen molar-refractivity contribution in [3.63, 3.8) is 0 Å². The van der Waals surface area contributed by atoms with Crippen LogP contribution in [0.5, 0.6) is 0 Å². The molecule has 1 aromatic heterocycles. The van der Waals surface area contributed by atoms with Crippen molar-refractivity contribution in [2.45, 2.75) is 38.1 Å². The number of likely N-dealkylation sites (tertiary alicyclic amines) is 1. The number of rotatable bonds is 8. The van der Waals surface area contributed by atoms with Gasteiger partial charge in [0.15, 0.2) is 11.5 Å². The van der Waals surface area contributed by atoms with Crippen LogP contribution in [0.15, 0.2) is 28.7 Å². The Kier molecular flexibility index (Phi) is 7.00. The van der Waals surface area contributed by atoms with Crippen molar-refractivity contribution in [2.24, 2.45) is 0 Å². The average Bonchev–Trinajstić information content (AvgIpc) is 3.15. The summed E-state index contributed by atoms with van der Waals surface area (Å²) in [4.78, 5) is 19.4. The number of benzene rings is 1. The molecular weight excluding hydrogens is 398 g/mol. The summed E-state index contributed by atoms with van der Waals surface area (Å²) in [6.45, 7) is 2.69. The lowest BCUT2D eigenvalue weighted by Gasteiger charge is -2.34. The molecular formula is C19H27N3O4S2. The third-order valence-electron chi connectivity index (χ3n) is 5.00. The van der Waals surface area contributed by atoms with Gasteiger partial charge in [-0.05, 0) is 50.3 Å². The van der Waals surface area contributed by atoms with Gasteiger partial charge in [0.05, 0.1) is 11.7 Å². The van der Waals surface area contributed by atoms with Crippen LogP contribution >= 0.6 is 11.8 Å². The molecule has 1 amide bonds. The van der Waals surface area contributed by atoms with Crippen LogP contribution in [0.1, 0.15) is 38.0 Å². The standard InChI is InChI=1S/C19H27N3O4S2/c1-3-28(24,25)21-16(10-12-27-2)19(23)22-11-6-7-14(13-22)18-20-15-8-4-5-9-17(15)26-18/h4-5,8-9,14,16,21H,3,6-7,10-13H2,1-2H3. The number of hydrogen-bond donors (Lipinski definition) is 1. The molecule has 1 aromatic carbocycles. The zero-order valence-electron chi connectivity index (χ0n) is 16.3. The van der Waals surface area contributed by atoms with E-state index in [1.807, 2.05) is 30.5 Å². The van der Waals surface area contributed by atoms with Gasteiger partial charge in [-0.2, -0.15) is 11.8 Å². The van der Waals surface area contributed by atoms with E-state index in [1.165, 1.54) is 0 Å². The van der Waals surface area contributed by atoms with Gasteiger partial charge >= 0.3 is 0 Å². The second kappa shape index (κ2) is 9.28. The number of thioether (sulfide) groups is 1. The number of aromatic nitrogens is 1. The SMILES string of the molecule is CCS(=O)(=O)NC(CCSC)C(=O)N1CCCC(c2nc3ccccc3o2)C1. The van der Waals surface area contributed by atoms with Gasteiger partial charge < -0.3 is 9.32 Å². The number of para-hydroxylation sites is 2. The number of amides is 1. The lowest BCUT2D eigenvalue weighted by Crippen LogP contribution is -2.51. The lowest BCUT2D eigenvalue weighted by atomic mass is 9.97. The molecule has 2 unspecified atom stereocenters. The van der Waals surface area contributed by atoms with Crippen LogP contribution < -0.4 is 4.72 Å². The minimum Gasteiger partial charge on any atom is -0.440 e. The second-order valence-corrected chi connectivity index (χ2v) is 10.0. The van der Waals surface area contributed by atoms with Gasteiger partial charge in [-0.3, -0.25) is 4.79 Å². The zero-order valence-corrected chi connectivity index (χ0v) is 17.9. The van der Waals surface area contributed by atoms with E-state index in [4.69, 9.17) is 4.42 Å². The highest BCUT2D eigenvalue weighted by atomic mass is 32.2. The molecule has 1 N–H and O–H groups in total. The molecule has 2 aromatic rings. The van der Waals surface area contributed by atoms with E-state index in [-0.39, 0.29) is 17.6 Å². The van der Waals surface area contributed by atoms with Crippen LogP contribution in [0.25, 0.3) is 11.1 Å². The summed E-state index contributed by atoms with van der Waals surface area (Å²) < 4.78 is 32.5. The number of sulfonamides is 1. The molecule has 0 bridgehead atoms. The van der Waals surface area contributed by atoms with E-state index in [1.54, 1.807) is 23.6 Å². The van der Waals surface area contributed by atoms with Gasteiger partial charge in [-0.25, -0.2) is 18.1 Å². The summed E-state index contributed by atoms with van der Waals surface area (Å²) in [5, 5.41) is 0. The number of piperidine rings is 1. The van der Waals surface area contributed by atoms with Crippen molar-refractivity contribution in [3.05, 3.63) is 30.2 Å². The molecule has 9 heteroatoms. The number of oxazole rings is 1. The number of nitrogens with zero attached hydrogens (tertiary/aromatic N) is 2. The first-order valence-corrected chi connectivity index (χ1v) is 12.6. The highest BCUT2D eigenvalue weighted by Crippen LogP contribution is 2.29. The van der Waals surface area contributed by atoms with Crippen molar-refractivity contribution in [3.8, 4) is 0 Å². The van der Waals surface area contributed by atoms with Crippen molar-refractivity contribution in [2.75, 3.05) is 30.9 Å². The molecule has 7 nitrogen and oxygen atoms in total. The van der Waals surface area contributed by atoms with Gasteiger partial charge in [-0.1, -0.05) is 12.1 Å². The monoisotopic (exact) mass is 425 g/mol. The summed E-state index contributed by atoms with van der Waals surface area (Å²) >= 11 is 1.60. The Morgan fingerprint density at radius 2 is 2.21 bits per heavy atom. The first kappa shape index (κ1) is 21.1. The van der Waals surface area contributed by atoms with Gasteiger partial charge in [0.2, 0.25) is 15.9 Å². The molecule has 2 atom stereocenters. The van der Waals surface area contributed by atoms with Crippen LogP contribution in [0, 0.1) is 0 Å². The van der Waals surface area contributed by atoms with E-state index < -0.39 is 16.1 Å². The van der Waals surface area contributed by atoms with E-state index in [9.17, 15) is 13.2 Å². The highest BCUT2D eigenvalue weighted by Gasteiger charge is 2.33. The molecule has 1 saturated heterocycles. The van der Waals surface area contributed by atoms with Crippen LogP contribution in [-0.4, -0.2) is 61.1 Å². The fourth-order valence-electron chi connectivity index (χ4n) is 3.43. The first-order valence-electron chi connectivity index (χ1n) is 9.56. The Balaban J connectivity index is 1.74. The molecule has 154 valence electrons. The number of fused-ring (bicyclic) bond motifs is 1. The van der Waals surface area contributed by atoms with Crippen molar-refractivity contribution in [1.82, 2.24) is 14.6 Å². The Morgan fingerprint density at radius 1 is 1.43 bits per heavy atom. The molecule has 28 heavy (non-hydrogen) atoms. The molecule has 1 fully saturated rings. The van der Waals surface area contributed by atoms with E-state index in [0.717, 1.165) is 23.9 Å². The fraction of sp³-hybridized carbons (Fsp3) is 0.579. The summed E-state index contributed by atoms with van der Waals surface area (Å²) in [5.41, 5.74) is 1.56. The number of hydrogen-bond acceptors (Lipinski definition) is 6. The van der Waals surface area contributed by atoms with Crippen molar-refractivity contribution >= 4 is 38.8 Å². The van der Waals surface area contributed by atoms with E-state index >= 15 is 0 Å². The quantitative estimate of drug-likeness (QED) is 0.699. The van der Waals surface area contributed by atoms with Crippen molar-refractivity contribution in [1.29, 1.82) is 0 Å². The number of nitrogens with one attached hydrogen (secondary N) is 1. The van der Waals surface area contributed by atoms with Gasteiger partial charge in [-0.15, -0.1) is 0 Å². The Bertz CT molecular complexity index is 880. The summed E-state index contributed by atoms with van der Waals surface area (Å²) in [6.07, 6.45) is 4.15. The Labute approximate surface area is 170 Å². The molecule has 1 aliphatic heterocycles. The maximum atomic E-state index is 13.1. The first-order chi connectivity index (χ1) is 13.4. The van der Waals surface area contributed by atoms with E-state index in [2.05, 4.69) is 9.71 Å². The van der Waals surface area contributed by atoms with Crippen LogP contribution in [0.4, 0.5) is 0 Å². The maximum Gasteiger partial charge on any atom is 0.240 e.